The molecule has 1 aromatic carbocycles. The zero-order valence-corrected chi connectivity index (χ0v) is 8.45. The van der Waals surface area contributed by atoms with E-state index >= 15 is 0 Å². The molecule has 0 amide bonds. The number of nitrogen functional groups attached to an aromatic ring is 1. The molecule has 2 aromatic rings. The molecule has 2 rings (SSSR count). The van der Waals surface area contributed by atoms with Crippen molar-refractivity contribution in [2.24, 2.45) is 7.05 Å². The van der Waals surface area contributed by atoms with Crippen molar-refractivity contribution in [2.45, 2.75) is 0 Å². The normalized spacial score (nSPS) is 10.7. The van der Waals surface area contributed by atoms with Gasteiger partial charge in [0.15, 0.2) is 11.6 Å². The molecule has 0 bridgehead atoms. The van der Waals surface area contributed by atoms with E-state index in [4.69, 9.17) is 5.73 Å². The van der Waals surface area contributed by atoms with E-state index in [0.29, 0.717) is 0 Å². The summed E-state index contributed by atoms with van der Waals surface area (Å²) in [7, 11) is 1.52. The van der Waals surface area contributed by atoms with Crippen molar-refractivity contribution in [1.29, 1.82) is 0 Å². The van der Waals surface area contributed by atoms with Gasteiger partial charge in [0, 0.05) is 19.3 Å². The first kappa shape index (κ1) is 10.4. The maximum absolute atomic E-state index is 13.0. The van der Waals surface area contributed by atoms with Crippen LogP contribution in [0.25, 0.3) is 5.69 Å². The number of anilines is 1. The first-order valence-corrected chi connectivity index (χ1v) is 4.50. The van der Waals surface area contributed by atoms with E-state index in [1.54, 1.807) is 0 Å². The molecule has 2 N–H and O–H groups in total. The zero-order chi connectivity index (χ0) is 11.9. The Balaban J connectivity index is 2.68. The van der Waals surface area contributed by atoms with Crippen molar-refractivity contribution >= 4 is 5.82 Å². The number of hydrogen-bond acceptors (Lipinski definition) is 2. The molecule has 6 heteroatoms. The third kappa shape index (κ3) is 1.48. The van der Waals surface area contributed by atoms with Crippen LogP contribution in [0.2, 0.25) is 0 Å². The first-order chi connectivity index (χ1) is 7.50. The SMILES string of the molecule is Cn1cc(N)n(-c2ccc(F)c(F)c2)c1=O. The fourth-order valence-electron chi connectivity index (χ4n) is 1.46. The molecule has 0 spiro atoms. The number of aryl methyl sites for hydroxylation is 1. The maximum atomic E-state index is 13.0. The van der Waals surface area contributed by atoms with E-state index in [0.717, 1.165) is 16.7 Å². The van der Waals surface area contributed by atoms with Gasteiger partial charge in [-0.05, 0) is 12.1 Å². The molecule has 4 nitrogen and oxygen atoms in total. The highest BCUT2D eigenvalue weighted by Crippen LogP contribution is 2.14. The predicted molar refractivity (Wildman–Crippen MR) is 55.3 cm³/mol. The van der Waals surface area contributed by atoms with Gasteiger partial charge in [-0.25, -0.2) is 18.1 Å². The highest BCUT2D eigenvalue weighted by Gasteiger charge is 2.10. The van der Waals surface area contributed by atoms with Crippen LogP contribution >= 0.6 is 0 Å². The van der Waals surface area contributed by atoms with Gasteiger partial charge in [-0.1, -0.05) is 0 Å². The van der Waals surface area contributed by atoms with Crippen molar-refractivity contribution in [2.75, 3.05) is 5.73 Å². The van der Waals surface area contributed by atoms with Crippen LogP contribution in [-0.4, -0.2) is 9.13 Å². The molecule has 0 saturated heterocycles. The van der Waals surface area contributed by atoms with Crippen molar-refractivity contribution in [3.8, 4) is 5.69 Å². The Bertz CT molecular complexity index is 601. The Morgan fingerprint density at radius 1 is 1.25 bits per heavy atom. The molecule has 0 radical (unpaired) electrons. The number of aromatic nitrogens is 2. The van der Waals surface area contributed by atoms with Crippen LogP contribution in [0.15, 0.2) is 29.2 Å². The van der Waals surface area contributed by atoms with Crippen LogP contribution < -0.4 is 11.4 Å². The molecule has 1 aromatic heterocycles. The Kier molecular flexibility index (Phi) is 2.26. The molecule has 0 aliphatic heterocycles. The van der Waals surface area contributed by atoms with Crippen LogP contribution in [-0.2, 0) is 7.05 Å². The average Bonchev–Trinajstić information content (AvgIpc) is 2.47. The van der Waals surface area contributed by atoms with Crippen LogP contribution in [0.4, 0.5) is 14.6 Å². The van der Waals surface area contributed by atoms with E-state index in [-0.39, 0.29) is 11.5 Å². The van der Waals surface area contributed by atoms with Gasteiger partial charge in [0.2, 0.25) is 0 Å². The van der Waals surface area contributed by atoms with Crippen molar-refractivity contribution in [1.82, 2.24) is 9.13 Å². The van der Waals surface area contributed by atoms with E-state index in [2.05, 4.69) is 0 Å². The fraction of sp³-hybridized carbons (Fsp3) is 0.100. The van der Waals surface area contributed by atoms with Gasteiger partial charge in [-0.15, -0.1) is 0 Å². The van der Waals surface area contributed by atoms with Crippen molar-refractivity contribution in [3.05, 3.63) is 46.5 Å². The molecular weight excluding hydrogens is 216 g/mol. The van der Waals surface area contributed by atoms with Gasteiger partial charge in [-0.2, -0.15) is 0 Å². The third-order valence-electron chi connectivity index (χ3n) is 2.24. The molecule has 0 aliphatic rings. The zero-order valence-electron chi connectivity index (χ0n) is 8.45. The van der Waals surface area contributed by atoms with Gasteiger partial charge in [0.25, 0.3) is 0 Å². The lowest BCUT2D eigenvalue weighted by Gasteiger charge is -2.03. The van der Waals surface area contributed by atoms with Gasteiger partial charge in [0.1, 0.15) is 5.82 Å². The summed E-state index contributed by atoms with van der Waals surface area (Å²) in [4.78, 5) is 11.6. The molecule has 16 heavy (non-hydrogen) atoms. The second kappa shape index (κ2) is 3.48. The van der Waals surface area contributed by atoms with Crippen molar-refractivity contribution in [3.63, 3.8) is 0 Å². The molecular formula is C10H9F2N3O. The first-order valence-electron chi connectivity index (χ1n) is 4.50. The summed E-state index contributed by atoms with van der Waals surface area (Å²) in [6, 6.07) is 3.16. The summed E-state index contributed by atoms with van der Waals surface area (Å²) >= 11 is 0. The average molecular weight is 225 g/mol. The summed E-state index contributed by atoms with van der Waals surface area (Å²) in [6.45, 7) is 0. The van der Waals surface area contributed by atoms with Gasteiger partial charge >= 0.3 is 5.69 Å². The largest absolute Gasteiger partial charge is 0.383 e. The minimum Gasteiger partial charge on any atom is -0.383 e. The van der Waals surface area contributed by atoms with E-state index in [9.17, 15) is 13.6 Å². The van der Waals surface area contributed by atoms with Crippen molar-refractivity contribution < 1.29 is 8.78 Å². The summed E-state index contributed by atoms with van der Waals surface area (Å²) < 4.78 is 28.1. The molecule has 0 atom stereocenters. The smallest absolute Gasteiger partial charge is 0.334 e. The predicted octanol–water partition coefficient (Wildman–Crippen LogP) is 1.04. The van der Waals surface area contributed by atoms with Crippen LogP contribution in [0.5, 0.6) is 0 Å². The summed E-state index contributed by atoms with van der Waals surface area (Å²) in [5, 5.41) is 0. The third-order valence-corrected chi connectivity index (χ3v) is 2.24. The quantitative estimate of drug-likeness (QED) is 0.788. The Morgan fingerprint density at radius 3 is 2.44 bits per heavy atom. The topological polar surface area (TPSA) is 52.9 Å². The number of imidazole rings is 1. The summed E-state index contributed by atoms with van der Waals surface area (Å²) in [6.07, 6.45) is 1.41. The Hall–Kier alpha value is -2.11. The second-order valence-corrected chi connectivity index (χ2v) is 3.38. The Labute approximate surface area is 89.5 Å². The summed E-state index contributed by atoms with van der Waals surface area (Å²) in [5.74, 6) is -1.82. The molecule has 1 heterocycles. The standard InChI is InChI=1S/C10H9F2N3O/c1-14-5-9(13)15(10(14)16)6-2-3-7(11)8(12)4-6/h2-5H,13H2,1H3. The lowest BCUT2D eigenvalue weighted by Crippen LogP contribution is -2.21. The van der Waals surface area contributed by atoms with Gasteiger partial charge in [-0.3, -0.25) is 4.57 Å². The number of hydrogen-bond donors (Lipinski definition) is 1. The number of benzene rings is 1. The minimum absolute atomic E-state index is 0.165. The van der Waals surface area contributed by atoms with Crippen LogP contribution in [0.1, 0.15) is 0 Å². The van der Waals surface area contributed by atoms with Crippen LogP contribution in [0.3, 0.4) is 0 Å². The van der Waals surface area contributed by atoms with Crippen LogP contribution in [0, 0.1) is 11.6 Å². The molecule has 0 unspecified atom stereocenters. The number of rotatable bonds is 1. The monoisotopic (exact) mass is 225 g/mol. The van der Waals surface area contributed by atoms with E-state index in [1.807, 2.05) is 0 Å². The minimum atomic E-state index is -1.02. The lowest BCUT2D eigenvalue weighted by atomic mass is 10.3. The second-order valence-electron chi connectivity index (χ2n) is 3.38. The fourth-order valence-corrected chi connectivity index (χ4v) is 1.46. The van der Waals surface area contributed by atoms with Gasteiger partial charge in [0.05, 0.1) is 5.69 Å². The molecule has 0 aliphatic carbocycles. The lowest BCUT2D eigenvalue weighted by molar-refractivity contribution is 0.508. The summed E-state index contributed by atoms with van der Waals surface area (Å²) in [5.41, 5.74) is 5.37. The number of halogens is 2. The Morgan fingerprint density at radius 2 is 1.94 bits per heavy atom. The molecule has 0 saturated carbocycles. The molecule has 0 fully saturated rings. The van der Waals surface area contributed by atoms with E-state index < -0.39 is 17.3 Å². The number of nitrogens with two attached hydrogens (primary N) is 1. The molecule has 84 valence electrons. The number of nitrogens with zero attached hydrogens (tertiary/aromatic N) is 2. The maximum Gasteiger partial charge on any atom is 0.334 e. The highest BCUT2D eigenvalue weighted by atomic mass is 19.2. The van der Waals surface area contributed by atoms with Gasteiger partial charge < -0.3 is 5.73 Å². The van der Waals surface area contributed by atoms with E-state index in [1.165, 1.54) is 23.9 Å². The highest BCUT2D eigenvalue weighted by molar-refractivity contribution is 5.42.